The van der Waals surface area contributed by atoms with Crippen LogP contribution in [0.3, 0.4) is 0 Å². The number of halogens is 4. The van der Waals surface area contributed by atoms with E-state index in [-0.39, 0.29) is 23.5 Å². The first-order chi connectivity index (χ1) is 17.7. The predicted molar refractivity (Wildman–Crippen MR) is 135 cm³/mol. The van der Waals surface area contributed by atoms with Crippen LogP contribution >= 0.6 is 11.6 Å². The molecule has 7 nitrogen and oxygen atoms in total. The first kappa shape index (κ1) is 25.0. The van der Waals surface area contributed by atoms with Crippen molar-refractivity contribution >= 4 is 34.1 Å². The van der Waals surface area contributed by atoms with Crippen molar-refractivity contribution in [1.82, 2.24) is 25.1 Å². The third-order valence-electron chi connectivity index (χ3n) is 6.79. The monoisotopic (exact) mass is 528 g/mol. The fourth-order valence-electron chi connectivity index (χ4n) is 4.82. The number of fused-ring (bicyclic) bond motifs is 1. The first-order valence-electron chi connectivity index (χ1n) is 11.9. The van der Waals surface area contributed by atoms with E-state index >= 15 is 0 Å². The molecule has 2 aromatic carbocycles. The largest absolute Gasteiger partial charge is 0.433 e. The fourth-order valence-corrected chi connectivity index (χ4v) is 4.99. The van der Waals surface area contributed by atoms with Crippen molar-refractivity contribution in [3.8, 4) is 5.69 Å². The lowest BCUT2D eigenvalue weighted by Gasteiger charge is -2.37. The Labute approximate surface area is 216 Å². The molecule has 1 saturated carbocycles. The zero-order valence-electron chi connectivity index (χ0n) is 19.9. The van der Waals surface area contributed by atoms with Gasteiger partial charge >= 0.3 is 6.18 Å². The molecule has 0 bridgehead atoms. The maximum atomic E-state index is 13.5. The summed E-state index contributed by atoms with van der Waals surface area (Å²) >= 11 is 6.15. The molecule has 0 aliphatic heterocycles. The van der Waals surface area contributed by atoms with Gasteiger partial charge in [0.25, 0.3) is 5.91 Å². The van der Waals surface area contributed by atoms with Gasteiger partial charge in [-0.1, -0.05) is 17.7 Å². The SMILES string of the molecule is CN(c1cc(C(F)(F)F)nc2ccc(Cl)cc12)[C@H]1CC[C@@H](NC(=O)c2cccc(-n3cncn3)c2)CC1. The molecular weight excluding hydrogens is 505 g/mol. The van der Waals surface area contributed by atoms with Gasteiger partial charge in [-0.25, -0.2) is 14.6 Å². The summed E-state index contributed by atoms with van der Waals surface area (Å²) in [6, 6.07) is 12.9. The number of pyridine rings is 1. The van der Waals surface area contributed by atoms with Crippen LogP contribution in [0.2, 0.25) is 5.02 Å². The second-order valence-corrected chi connectivity index (χ2v) is 9.60. The highest BCUT2D eigenvalue weighted by Crippen LogP contribution is 2.37. The molecular formula is C26H24ClF3N6O. The van der Waals surface area contributed by atoms with Gasteiger partial charge in [0.1, 0.15) is 18.3 Å². The van der Waals surface area contributed by atoms with E-state index in [2.05, 4.69) is 20.4 Å². The number of hydrogen-bond acceptors (Lipinski definition) is 5. The van der Waals surface area contributed by atoms with Crippen molar-refractivity contribution in [3.05, 3.63) is 77.5 Å². The molecule has 4 aromatic rings. The number of hydrogen-bond donors (Lipinski definition) is 1. The molecule has 0 saturated heterocycles. The highest BCUT2D eigenvalue weighted by Gasteiger charge is 2.35. The van der Waals surface area contributed by atoms with Crippen LogP contribution in [0.25, 0.3) is 16.6 Å². The van der Waals surface area contributed by atoms with Crippen LogP contribution < -0.4 is 10.2 Å². The van der Waals surface area contributed by atoms with E-state index in [0.29, 0.717) is 47.3 Å². The minimum absolute atomic E-state index is 0.00876. The predicted octanol–water partition coefficient (Wildman–Crippen LogP) is 5.67. The highest BCUT2D eigenvalue weighted by atomic mass is 35.5. The van der Waals surface area contributed by atoms with Gasteiger partial charge in [0.2, 0.25) is 0 Å². The molecule has 5 rings (SSSR count). The summed E-state index contributed by atoms with van der Waals surface area (Å²) < 4.78 is 42.2. The molecule has 1 aliphatic carbocycles. The van der Waals surface area contributed by atoms with Gasteiger partial charge in [-0.05, 0) is 68.1 Å². The number of nitrogens with one attached hydrogen (secondary N) is 1. The topological polar surface area (TPSA) is 75.9 Å². The Morgan fingerprint density at radius 1 is 1.11 bits per heavy atom. The molecule has 0 atom stereocenters. The Kier molecular flexibility index (Phi) is 6.76. The minimum atomic E-state index is -4.56. The number of anilines is 1. The fraction of sp³-hybridized carbons (Fsp3) is 0.308. The first-order valence-corrected chi connectivity index (χ1v) is 12.2. The summed E-state index contributed by atoms with van der Waals surface area (Å²) in [5.41, 5.74) is 1.01. The van der Waals surface area contributed by atoms with Crippen molar-refractivity contribution in [2.75, 3.05) is 11.9 Å². The van der Waals surface area contributed by atoms with Crippen molar-refractivity contribution in [2.24, 2.45) is 0 Å². The van der Waals surface area contributed by atoms with Gasteiger partial charge in [0.15, 0.2) is 0 Å². The molecule has 37 heavy (non-hydrogen) atoms. The van der Waals surface area contributed by atoms with Crippen LogP contribution in [0.4, 0.5) is 18.9 Å². The smallest absolute Gasteiger partial charge is 0.371 e. The van der Waals surface area contributed by atoms with E-state index in [1.807, 2.05) is 11.0 Å². The zero-order chi connectivity index (χ0) is 26.2. The third kappa shape index (κ3) is 5.39. The summed E-state index contributed by atoms with van der Waals surface area (Å²) in [6.45, 7) is 0. The van der Waals surface area contributed by atoms with Gasteiger partial charge in [-0.3, -0.25) is 4.79 Å². The summed E-state index contributed by atoms with van der Waals surface area (Å²) in [5, 5.41) is 8.19. The van der Waals surface area contributed by atoms with E-state index in [1.54, 1.807) is 42.3 Å². The second kappa shape index (κ2) is 10.0. The van der Waals surface area contributed by atoms with Crippen molar-refractivity contribution < 1.29 is 18.0 Å². The van der Waals surface area contributed by atoms with Gasteiger partial charge in [0.05, 0.1) is 11.2 Å². The van der Waals surface area contributed by atoms with Crippen LogP contribution in [0.1, 0.15) is 41.7 Å². The molecule has 0 unspecified atom stereocenters. The normalized spacial score (nSPS) is 18.1. The number of nitrogens with zero attached hydrogens (tertiary/aromatic N) is 5. The molecule has 1 fully saturated rings. The molecule has 2 aromatic heterocycles. The summed E-state index contributed by atoms with van der Waals surface area (Å²) in [6.07, 6.45) is 1.27. The number of amides is 1. The molecule has 192 valence electrons. The number of carbonyl (C=O) groups is 1. The molecule has 11 heteroatoms. The zero-order valence-corrected chi connectivity index (χ0v) is 20.7. The van der Waals surface area contributed by atoms with E-state index in [4.69, 9.17) is 11.6 Å². The van der Waals surface area contributed by atoms with Crippen molar-refractivity contribution in [1.29, 1.82) is 0 Å². The quantitative estimate of drug-likeness (QED) is 0.361. The summed E-state index contributed by atoms with van der Waals surface area (Å²) in [4.78, 5) is 22.5. The Balaban J connectivity index is 1.28. The van der Waals surface area contributed by atoms with E-state index in [1.165, 1.54) is 18.5 Å². The molecule has 1 amide bonds. The van der Waals surface area contributed by atoms with Crippen LogP contribution in [-0.2, 0) is 6.18 Å². The molecule has 1 aliphatic rings. The van der Waals surface area contributed by atoms with E-state index in [0.717, 1.165) is 11.8 Å². The highest BCUT2D eigenvalue weighted by molar-refractivity contribution is 6.31. The van der Waals surface area contributed by atoms with Crippen LogP contribution in [0.5, 0.6) is 0 Å². The summed E-state index contributed by atoms with van der Waals surface area (Å²) in [5.74, 6) is -0.177. The Morgan fingerprint density at radius 3 is 2.59 bits per heavy atom. The second-order valence-electron chi connectivity index (χ2n) is 9.17. The van der Waals surface area contributed by atoms with Crippen LogP contribution in [-0.4, -0.2) is 44.8 Å². The van der Waals surface area contributed by atoms with Crippen molar-refractivity contribution in [3.63, 3.8) is 0 Å². The number of aromatic nitrogens is 4. The lowest BCUT2D eigenvalue weighted by atomic mass is 9.89. The number of alkyl halides is 3. The maximum Gasteiger partial charge on any atom is 0.433 e. The third-order valence-corrected chi connectivity index (χ3v) is 7.03. The molecule has 0 radical (unpaired) electrons. The lowest BCUT2D eigenvalue weighted by Crippen LogP contribution is -2.43. The Hall–Kier alpha value is -3.66. The molecule has 1 N–H and O–H groups in total. The van der Waals surface area contributed by atoms with Gasteiger partial charge in [-0.15, -0.1) is 0 Å². The van der Waals surface area contributed by atoms with E-state index < -0.39 is 11.9 Å². The van der Waals surface area contributed by atoms with Gasteiger partial charge in [0, 0.05) is 40.8 Å². The van der Waals surface area contributed by atoms with E-state index in [9.17, 15) is 18.0 Å². The lowest BCUT2D eigenvalue weighted by molar-refractivity contribution is -0.140. The standard InChI is InChI=1S/C26H24ClF3N6O/c1-35(23-13-24(26(28,29)30)34-22-10-5-17(27)12-21(22)23)19-8-6-18(7-9-19)33-25(37)16-3-2-4-20(11-16)36-15-31-14-32-36/h2-5,10-15,18-19H,6-9H2,1H3,(H,33,37)/t18-,19+. The number of carbonyl (C=O) groups excluding carboxylic acids is 1. The average Bonchev–Trinajstić information content (AvgIpc) is 3.43. The minimum Gasteiger partial charge on any atom is -0.371 e. The summed E-state index contributed by atoms with van der Waals surface area (Å²) in [7, 11) is 1.80. The molecule has 0 spiro atoms. The van der Waals surface area contributed by atoms with Crippen molar-refractivity contribution in [2.45, 2.75) is 43.9 Å². The number of rotatable bonds is 5. The Morgan fingerprint density at radius 2 is 1.89 bits per heavy atom. The molecule has 2 heterocycles. The van der Waals surface area contributed by atoms with Crippen LogP contribution in [0.15, 0.2) is 61.2 Å². The average molecular weight is 529 g/mol. The maximum absolute atomic E-state index is 13.5. The van der Waals surface area contributed by atoms with Gasteiger partial charge < -0.3 is 10.2 Å². The van der Waals surface area contributed by atoms with Gasteiger partial charge in [-0.2, -0.15) is 18.3 Å². The number of benzene rings is 2. The van der Waals surface area contributed by atoms with Crippen LogP contribution in [0, 0.1) is 0 Å². The Bertz CT molecular complexity index is 1420.